The van der Waals surface area contributed by atoms with E-state index in [2.05, 4.69) is 6.92 Å². The third kappa shape index (κ3) is 37.5. The number of alkyl halides is 3. The second kappa shape index (κ2) is 58.7. The van der Waals surface area contributed by atoms with Gasteiger partial charge in [-0.05, 0) is 117 Å². The molecule has 45 heteroatoms. The van der Waals surface area contributed by atoms with Crippen LogP contribution in [0.25, 0.3) is 0 Å². The van der Waals surface area contributed by atoms with Crippen LogP contribution in [0.5, 0.6) is 11.5 Å². The molecule has 0 radical (unpaired) electrons. The minimum absolute atomic E-state index is 0. The molecule has 15 atom stereocenters. The number of nitro benzene ring substituents is 2. The predicted octanol–water partition coefficient (Wildman–Crippen LogP) is 15.0. The van der Waals surface area contributed by atoms with Gasteiger partial charge in [0.25, 0.3) is 15.2 Å². The number of ether oxygens (including phenoxy) is 9. The summed E-state index contributed by atoms with van der Waals surface area (Å²) in [5.74, 6) is 0.298. The second-order valence-electron chi connectivity index (χ2n) is 24.0. The quantitative estimate of drug-likeness (QED) is 0.00443. The first-order valence-electron chi connectivity index (χ1n) is 33.3. The fraction of sp³-hybridized carbons (Fsp3) is 0.456. The van der Waals surface area contributed by atoms with Crippen LogP contribution in [0.2, 0.25) is 0 Å². The first-order valence-corrected chi connectivity index (χ1v) is 45.6. The maximum Gasteiger partial charge on any atom is 2.00 e. The molecule has 6 fully saturated rings. The van der Waals surface area contributed by atoms with Gasteiger partial charge in [-0.15, -0.1) is 32.1 Å². The summed E-state index contributed by atoms with van der Waals surface area (Å²) >= 11 is 19.8. The third-order valence-electron chi connectivity index (χ3n) is 16.7. The van der Waals surface area contributed by atoms with Gasteiger partial charge < -0.3 is 80.5 Å². The molecule has 0 amide bonds. The topological polar surface area (TPSA) is 357 Å². The Morgan fingerprint density at radius 2 is 0.912 bits per heavy atom. The summed E-state index contributed by atoms with van der Waals surface area (Å²) in [6.07, 6.45) is -0.280. The van der Waals surface area contributed by atoms with Gasteiger partial charge >= 0.3 is 320 Å². The zero-order valence-electron chi connectivity index (χ0n) is 68.4. The Hall–Kier alpha value is 6.14. The maximum atomic E-state index is 13.5. The molecule has 5 aromatic carbocycles. The average Bonchev–Trinajstić information content (AvgIpc) is 1.60. The number of nitrogens with zero attached hydrogens (tertiary/aromatic N) is 2. The summed E-state index contributed by atoms with van der Waals surface area (Å²) in [5, 5.41) is 48.6. The summed E-state index contributed by atoms with van der Waals surface area (Å²) in [5.41, 5.74) is 1.68. The number of aliphatic hydroxyl groups is 2. The molecule has 6 saturated heterocycles. The van der Waals surface area contributed by atoms with Crippen molar-refractivity contribution in [2.75, 3.05) is 40.6 Å². The van der Waals surface area contributed by atoms with Crippen LogP contribution in [0.15, 0.2) is 137 Å². The Morgan fingerprint density at radius 3 is 1.30 bits per heavy atom. The van der Waals surface area contributed by atoms with Crippen molar-refractivity contribution in [2.45, 2.75) is 158 Å². The van der Waals surface area contributed by atoms with E-state index in [-0.39, 0.29) is 376 Å². The standard InChI is InChI=1S/C32H37O8PS.C18H24NO7PS2.C16H20NO9PS2.C2HCl3O2.6Ba.6H/c1-4-28-30(19-21-36-28)40-41(33,42)38-22-31-29(18-20-37-31)39-32(23-8-6-5-7-9-23,24-10-14-26(34-2)15-11-24)25-12-16-27(35-3)17-13-25;1-3-16-17(9-11-23-16)26-27(22,25-12-18-13(2)8-10-24-18)29-28-15-6-4-14(5-7-15)19(20)21;18-9-15-14(6-8-23-15)26-27(22,25-10-16-13(19)5-7-24-16)29-28-12-3-1-11(2-4-12)17(20)21;3-2(4,5)1(6)7;;;;;;;;;;;;/h5-17,20-21,28-31H,4,18-19,22H2,1-3H3,(H,33,42);4-7,10-11,13,16-18H,3,8-9,12H2,1-2H3;1-4,7-8,13-16,18-19H,5-6,9-10H2;(H,6,7);;;;;;;;;;;;/q3*-2;;6*+2;6*-1/t28-,29-,30-,31-,41?;13-,16-,17-,18-,27+;13-,14-,15-,16-,27+;;;;;;;;;;;;;/m111............./s1. The van der Waals surface area contributed by atoms with Gasteiger partial charge in [-0.3, -0.25) is 38.3 Å². The van der Waals surface area contributed by atoms with Gasteiger partial charge in [0.15, 0.2) is 0 Å². The average molecular weight is 2530 g/mol. The smallest absolute Gasteiger partial charge is 1.00 e. The van der Waals surface area contributed by atoms with Gasteiger partial charge in [0.2, 0.25) is 0 Å². The molecule has 5 aromatic rings. The van der Waals surface area contributed by atoms with Crippen molar-refractivity contribution in [1.82, 2.24) is 0 Å². The molecule has 0 aliphatic carbocycles. The molecule has 0 bridgehead atoms. The summed E-state index contributed by atoms with van der Waals surface area (Å²) in [4.78, 5) is 42.4. The van der Waals surface area contributed by atoms with Gasteiger partial charge in [-0.1, -0.05) is 110 Å². The number of halogens is 3. The van der Waals surface area contributed by atoms with Gasteiger partial charge in [0, 0.05) is 73.2 Å². The zero-order chi connectivity index (χ0) is 77.4. The van der Waals surface area contributed by atoms with Crippen molar-refractivity contribution in [1.29, 1.82) is 0 Å². The summed E-state index contributed by atoms with van der Waals surface area (Å²) in [7, 11) is 7.40. The first-order chi connectivity index (χ1) is 51.1. The molecule has 0 aromatic heterocycles. The number of carboxylic acid groups (broad SMARTS) is 1. The number of methoxy groups -OCH3 is 2. The predicted molar refractivity (Wildman–Crippen MR) is 449 cm³/mol. The van der Waals surface area contributed by atoms with Gasteiger partial charge in [-0.2, -0.15) is 6.42 Å². The molecule has 4 N–H and O–H groups in total. The fourth-order valence-corrected chi connectivity index (χ4v) is 23.1. The summed E-state index contributed by atoms with van der Waals surface area (Å²) in [6, 6.07) is 37.5. The van der Waals surface area contributed by atoms with Crippen LogP contribution in [-0.2, 0) is 91.6 Å². The third-order valence-corrected chi connectivity index (χ3v) is 30.7. The van der Waals surface area contributed by atoms with Crippen molar-refractivity contribution >= 4 is 420 Å². The minimum Gasteiger partial charge on any atom is -1.00 e. The van der Waals surface area contributed by atoms with Crippen molar-refractivity contribution < 1.29 is 122 Å². The Bertz CT molecular complexity index is 3630. The number of carboxylic acids is 1. The molecule has 6 aliphatic rings. The van der Waals surface area contributed by atoms with Crippen LogP contribution in [0.4, 0.5) is 11.4 Å². The van der Waals surface area contributed by atoms with E-state index < -0.39 is 82.1 Å². The number of aliphatic carboxylic acids is 1. The van der Waals surface area contributed by atoms with Crippen molar-refractivity contribution in [3.63, 3.8) is 0 Å². The SMILES string of the molecule is CC[C@H]1O[CH-]C[C@H]1OP(O)(=S)OC[C@H]1O[CH-]C[C@H]1OC(c1ccccc1)(c1ccc(OC)cc1)c1ccc(OC)cc1.CC[C@H]1O[CH-]C[C@H]1O[P@](=O)(OC[C@H]1O[CH-]C[C@H]1C)SSc1ccc([N+](=O)[O-])cc1.O=C(O)C(Cl)(Cl)Cl.O=[N+]([O-])c1ccc(SS[P@@](=O)(OC[C@H]2O[CH-]C[C@H]2O)O[C@@H]2C[CH-]O[C@@H]2CO)cc1.[Ba+2].[Ba+2].[Ba+2].[Ba+2].[Ba+2].[Ba+2].[H-].[H-].[H-].[H-].[H-].[H-]. The molecule has 113 heavy (non-hydrogen) atoms. The van der Waals surface area contributed by atoms with E-state index in [1.807, 2.05) is 92.7 Å². The van der Waals surface area contributed by atoms with Crippen molar-refractivity contribution in [3.05, 3.63) is 204 Å². The van der Waals surface area contributed by atoms with Crippen LogP contribution in [-0.4, -0.2) is 441 Å². The maximum absolute atomic E-state index is 13.5. The van der Waals surface area contributed by atoms with E-state index in [0.717, 1.165) is 79.1 Å². The molecule has 6 heterocycles. The fourth-order valence-electron chi connectivity index (χ4n) is 10.9. The Kier molecular flexibility index (Phi) is 59.9. The monoisotopic (exact) mass is 2530 g/mol. The van der Waals surface area contributed by atoms with Gasteiger partial charge in [0.1, 0.15) is 17.1 Å². The zero-order valence-corrected chi connectivity index (χ0v) is 98.1. The number of rotatable bonds is 33. The molecule has 11 rings (SSSR count). The number of non-ortho nitro benzene ring substituents is 2. The molecule has 0 spiro atoms. The molecule has 6 aliphatic heterocycles. The second-order valence-corrected chi connectivity index (χ2v) is 40.6. The Balaban J connectivity index is -0.000000509. The van der Waals surface area contributed by atoms with Gasteiger partial charge in [0.05, 0.1) is 99.3 Å². The minimum atomic E-state index is -3.76. The van der Waals surface area contributed by atoms with Crippen LogP contribution < -0.4 is 9.47 Å². The van der Waals surface area contributed by atoms with Crippen molar-refractivity contribution in [3.8, 4) is 11.5 Å². The van der Waals surface area contributed by atoms with Crippen LogP contribution in [0.3, 0.4) is 0 Å². The summed E-state index contributed by atoms with van der Waals surface area (Å²) in [6.45, 7) is 4.63. The number of aliphatic hydroxyl groups excluding tert-OH is 2. The molecular formula is C68H88Ba6Cl3N2O26P3S5. The number of nitro groups is 2. The largest absolute Gasteiger partial charge is 2.00 e. The van der Waals surface area contributed by atoms with E-state index in [4.69, 9.17) is 121 Å². The molecular weight excluding hydrogens is 2440 g/mol. The number of hydrogen-bond acceptors (Lipinski definition) is 29. The number of benzene rings is 5. The van der Waals surface area contributed by atoms with Gasteiger partial charge in [-0.25, -0.2) is 53.6 Å². The van der Waals surface area contributed by atoms with Crippen molar-refractivity contribution in [2.24, 2.45) is 5.92 Å². The Labute approximate surface area is 944 Å². The number of carbonyl (C=O) groups is 1. The molecule has 28 nitrogen and oxygen atoms in total. The molecule has 0 saturated carbocycles. The van der Waals surface area contributed by atoms with E-state index in [0.29, 0.717) is 41.9 Å². The normalized spacial score (nSPS) is 24.5. The Morgan fingerprint density at radius 1 is 0.549 bits per heavy atom. The van der Waals surface area contributed by atoms with E-state index in [1.54, 1.807) is 52.8 Å². The van der Waals surface area contributed by atoms with Crippen LogP contribution in [0, 0.1) is 65.8 Å². The van der Waals surface area contributed by atoms with Crippen LogP contribution >= 0.6 is 97.5 Å². The van der Waals surface area contributed by atoms with E-state index in [9.17, 15) is 49.3 Å². The number of hydrogen-bond donors (Lipinski definition) is 4. The first kappa shape index (κ1) is 115. The van der Waals surface area contributed by atoms with E-state index in [1.165, 1.54) is 60.4 Å². The molecule has 604 valence electrons. The summed E-state index contributed by atoms with van der Waals surface area (Å²) < 4.78 is 110. The van der Waals surface area contributed by atoms with Crippen LogP contribution in [0.1, 0.15) is 97.4 Å². The van der Waals surface area contributed by atoms with E-state index >= 15 is 0 Å². The molecule has 1 unspecified atom stereocenters.